The number of hydrogen-bond donors (Lipinski definition) is 2. The monoisotopic (exact) mass is 453 g/mol. The van der Waals surface area contributed by atoms with Gasteiger partial charge in [0.1, 0.15) is 5.82 Å². The van der Waals surface area contributed by atoms with Crippen LogP contribution in [0.5, 0.6) is 0 Å². The molecule has 0 atom stereocenters. The highest BCUT2D eigenvalue weighted by molar-refractivity contribution is 6.32. The molecule has 0 unspecified atom stereocenters. The molecule has 2 aromatic rings. The van der Waals surface area contributed by atoms with Gasteiger partial charge in [0.05, 0.1) is 13.2 Å². The summed E-state index contributed by atoms with van der Waals surface area (Å²) in [4.78, 5) is 37.5. The third-order valence-corrected chi connectivity index (χ3v) is 6.37. The first-order valence-corrected chi connectivity index (χ1v) is 11.3. The lowest BCUT2D eigenvalue weighted by atomic mass is 9.81. The second-order valence-corrected chi connectivity index (χ2v) is 8.53. The summed E-state index contributed by atoms with van der Waals surface area (Å²) in [6.07, 6.45) is 3.38. The van der Waals surface area contributed by atoms with Crippen molar-refractivity contribution in [3.8, 4) is 0 Å². The number of urea groups is 1. The van der Waals surface area contributed by atoms with Crippen molar-refractivity contribution in [2.45, 2.75) is 57.7 Å². The Bertz CT molecular complexity index is 1030. The van der Waals surface area contributed by atoms with E-state index in [2.05, 4.69) is 10.6 Å². The maximum Gasteiger partial charge on any atom is 0.396 e. The Labute approximate surface area is 192 Å². The number of carbonyl (C=O) groups excluding carboxylic acids is 3. The molecular weight excluding hydrogens is 425 g/mol. The van der Waals surface area contributed by atoms with Crippen LogP contribution in [-0.2, 0) is 27.4 Å². The Hall–Kier alpha value is -3.42. The van der Waals surface area contributed by atoms with E-state index in [0.29, 0.717) is 23.7 Å². The zero-order chi connectivity index (χ0) is 23.4. The van der Waals surface area contributed by atoms with E-state index in [1.807, 2.05) is 30.3 Å². The second kappa shape index (κ2) is 10.0. The molecule has 1 aliphatic carbocycles. The van der Waals surface area contributed by atoms with Crippen LogP contribution in [0.25, 0.3) is 0 Å². The zero-order valence-corrected chi connectivity index (χ0v) is 18.6. The molecule has 33 heavy (non-hydrogen) atoms. The lowest BCUT2D eigenvalue weighted by Gasteiger charge is -2.29. The topological polar surface area (TPSA) is 87.7 Å². The summed E-state index contributed by atoms with van der Waals surface area (Å²) in [5.41, 5.74) is 3.29. The summed E-state index contributed by atoms with van der Waals surface area (Å²) in [7, 11) is 0. The van der Waals surface area contributed by atoms with Crippen LogP contribution in [-0.4, -0.2) is 35.5 Å². The first kappa shape index (κ1) is 22.8. The van der Waals surface area contributed by atoms with Crippen LogP contribution in [0.2, 0.25) is 0 Å². The highest BCUT2D eigenvalue weighted by Gasteiger charge is 2.27. The molecule has 174 valence electrons. The molecule has 3 amide bonds. The Morgan fingerprint density at radius 2 is 1.76 bits per heavy atom. The Kier molecular flexibility index (Phi) is 6.91. The van der Waals surface area contributed by atoms with E-state index < -0.39 is 11.9 Å². The van der Waals surface area contributed by atoms with Crippen LogP contribution >= 0.6 is 0 Å². The van der Waals surface area contributed by atoms with Crippen LogP contribution in [0.4, 0.5) is 14.9 Å². The molecule has 1 fully saturated rings. The number of nitrogens with one attached hydrogen (secondary N) is 2. The maximum absolute atomic E-state index is 13.9. The molecule has 2 aromatic carbocycles. The molecule has 0 aromatic heterocycles. The Balaban J connectivity index is 1.26. The number of rotatable bonds is 4. The molecular formula is C25H28FN3O4. The van der Waals surface area contributed by atoms with E-state index in [1.165, 1.54) is 11.6 Å². The number of fused-ring (bicyclic) bond motifs is 1. The third-order valence-electron chi connectivity index (χ3n) is 6.37. The van der Waals surface area contributed by atoms with Crippen molar-refractivity contribution in [3.05, 3.63) is 65.0 Å². The van der Waals surface area contributed by atoms with Crippen molar-refractivity contribution in [1.82, 2.24) is 10.2 Å². The SMILES string of the molecule is CCOC(=O)C(=O)NC1CCC(c2ccc(NC(=O)N3Cc4cccc(F)c4C3)cc2)CC1. The van der Waals surface area contributed by atoms with Gasteiger partial charge in [0.15, 0.2) is 0 Å². The van der Waals surface area contributed by atoms with Gasteiger partial charge in [-0.05, 0) is 67.9 Å². The summed E-state index contributed by atoms with van der Waals surface area (Å²) >= 11 is 0. The minimum Gasteiger partial charge on any atom is -0.459 e. The van der Waals surface area contributed by atoms with Crippen molar-refractivity contribution in [2.24, 2.45) is 0 Å². The molecule has 1 aliphatic heterocycles. The molecule has 1 saturated carbocycles. The Morgan fingerprint density at radius 3 is 2.42 bits per heavy atom. The first-order chi connectivity index (χ1) is 15.9. The van der Waals surface area contributed by atoms with Crippen molar-refractivity contribution >= 4 is 23.6 Å². The molecule has 1 heterocycles. The van der Waals surface area contributed by atoms with Gasteiger partial charge in [0.2, 0.25) is 0 Å². The third kappa shape index (κ3) is 5.32. The predicted molar refractivity (Wildman–Crippen MR) is 121 cm³/mol. The summed E-state index contributed by atoms with van der Waals surface area (Å²) in [5.74, 6) is -1.42. The van der Waals surface area contributed by atoms with E-state index in [0.717, 1.165) is 31.2 Å². The largest absolute Gasteiger partial charge is 0.459 e. The van der Waals surface area contributed by atoms with E-state index in [9.17, 15) is 18.8 Å². The molecule has 7 nitrogen and oxygen atoms in total. The number of hydrogen-bond acceptors (Lipinski definition) is 4. The summed E-state index contributed by atoms with van der Waals surface area (Å²) in [6.45, 7) is 2.51. The fourth-order valence-electron chi connectivity index (χ4n) is 4.58. The van der Waals surface area contributed by atoms with Crippen LogP contribution in [0.15, 0.2) is 42.5 Å². The molecule has 8 heteroatoms. The predicted octanol–water partition coefficient (Wildman–Crippen LogP) is 4.08. The minimum atomic E-state index is -0.833. The summed E-state index contributed by atoms with van der Waals surface area (Å²) < 4.78 is 18.7. The number of benzene rings is 2. The number of nitrogens with zero attached hydrogens (tertiary/aromatic N) is 1. The summed E-state index contributed by atoms with van der Waals surface area (Å²) in [5, 5.41) is 5.64. The molecule has 2 N–H and O–H groups in total. The van der Waals surface area contributed by atoms with Gasteiger partial charge in [-0.1, -0.05) is 24.3 Å². The minimum absolute atomic E-state index is 0.0221. The molecule has 2 aliphatic rings. The molecule has 0 bridgehead atoms. The second-order valence-electron chi connectivity index (χ2n) is 8.53. The molecule has 0 radical (unpaired) electrons. The van der Waals surface area contributed by atoms with Gasteiger partial charge < -0.3 is 20.3 Å². The first-order valence-electron chi connectivity index (χ1n) is 11.3. The fraction of sp³-hybridized carbons (Fsp3) is 0.400. The van der Waals surface area contributed by atoms with Crippen LogP contribution in [0.3, 0.4) is 0 Å². The fourth-order valence-corrected chi connectivity index (χ4v) is 4.58. The number of anilines is 1. The average molecular weight is 454 g/mol. The normalized spacial score (nSPS) is 19.5. The van der Waals surface area contributed by atoms with Crippen LogP contribution in [0.1, 0.15) is 55.2 Å². The van der Waals surface area contributed by atoms with Gasteiger partial charge in [-0.2, -0.15) is 0 Å². The van der Waals surface area contributed by atoms with Crippen molar-refractivity contribution in [3.63, 3.8) is 0 Å². The van der Waals surface area contributed by atoms with Gasteiger partial charge in [0, 0.05) is 23.8 Å². The van der Waals surface area contributed by atoms with Gasteiger partial charge in [0.25, 0.3) is 0 Å². The van der Waals surface area contributed by atoms with Crippen LogP contribution in [0, 0.1) is 5.82 Å². The van der Waals surface area contributed by atoms with Gasteiger partial charge in [-0.15, -0.1) is 0 Å². The number of esters is 1. The lowest BCUT2D eigenvalue weighted by molar-refractivity contribution is -0.155. The zero-order valence-electron chi connectivity index (χ0n) is 18.6. The number of halogens is 1. The van der Waals surface area contributed by atoms with Crippen molar-refractivity contribution < 1.29 is 23.5 Å². The smallest absolute Gasteiger partial charge is 0.396 e. The molecule has 4 rings (SSSR count). The van der Waals surface area contributed by atoms with Crippen LogP contribution < -0.4 is 10.6 Å². The Morgan fingerprint density at radius 1 is 1.03 bits per heavy atom. The van der Waals surface area contributed by atoms with E-state index >= 15 is 0 Å². The van der Waals surface area contributed by atoms with Crippen molar-refractivity contribution in [2.75, 3.05) is 11.9 Å². The molecule has 0 spiro atoms. The molecule has 0 saturated heterocycles. The standard InChI is InChI=1S/C25H28FN3O4/c1-2-33-24(31)23(30)27-19-10-6-16(7-11-19)17-8-12-20(13-9-17)28-25(32)29-14-18-4-3-5-22(26)21(18)15-29/h3-5,8-9,12-13,16,19H,2,6-7,10-11,14-15H2,1H3,(H,27,30)(H,28,32). The van der Waals surface area contributed by atoms with E-state index in [1.54, 1.807) is 17.9 Å². The maximum atomic E-state index is 13.9. The van der Waals surface area contributed by atoms with Gasteiger partial charge in [-0.3, -0.25) is 4.79 Å². The number of ether oxygens (including phenoxy) is 1. The highest BCUT2D eigenvalue weighted by Crippen LogP contribution is 2.33. The van der Waals surface area contributed by atoms with E-state index in [4.69, 9.17) is 4.74 Å². The number of carbonyl (C=O) groups is 3. The number of amides is 3. The van der Waals surface area contributed by atoms with Gasteiger partial charge in [-0.25, -0.2) is 14.0 Å². The van der Waals surface area contributed by atoms with Crippen molar-refractivity contribution in [1.29, 1.82) is 0 Å². The van der Waals surface area contributed by atoms with Gasteiger partial charge >= 0.3 is 17.9 Å². The quantitative estimate of drug-likeness (QED) is 0.540. The average Bonchev–Trinajstić information content (AvgIpc) is 3.26. The summed E-state index contributed by atoms with van der Waals surface area (Å²) in [6, 6.07) is 12.4. The lowest BCUT2D eigenvalue weighted by Crippen LogP contribution is -2.41. The van der Waals surface area contributed by atoms with E-state index in [-0.39, 0.29) is 31.0 Å². The highest BCUT2D eigenvalue weighted by atomic mass is 19.1.